The van der Waals surface area contributed by atoms with Crippen LogP contribution in [0.3, 0.4) is 0 Å². The van der Waals surface area contributed by atoms with Crippen molar-refractivity contribution in [3.8, 4) is 28.5 Å². The zero-order valence-corrected chi connectivity index (χ0v) is 14.6. The predicted octanol–water partition coefficient (Wildman–Crippen LogP) is 4.01. The van der Waals surface area contributed by atoms with Crippen LogP contribution in [0.4, 0.5) is 0 Å². The fraction of sp³-hybridized carbons (Fsp3) is 0. The van der Waals surface area contributed by atoms with Gasteiger partial charge in [-0.05, 0) is 29.3 Å². The Morgan fingerprint density at radius 1 is 0.857 bits per heavy atom. The summed E-state index contributed by atoms with van der Waals surface area (Å²) < 4.78 is 10.9. The van der Waals surface area contributed by atoms with Crippen molar-refractivity contribution in [2.45, 2.75) is 0 Å². The summed E-state index contributed by atoms with van der Waals surface area (Å²) in [5, 5.41) is 9.96. The van der Waals surface area contributed by atoms with Gasteiger partial charge in [-0.1, -0.05) is 42.5 Å². The van der Waals surface area contributed by atoms with Gasteiger partial charge >= 0.3 is 7.69 Å². The lowest BCUT2D eigenvalue weighted by Crippen LogP contribution is -2.03. The van der Waals surface area contributed by atoms with E-state index in [-0.39, 0.29) is 5.88 Å². The molecule has 3 aromatic heterocycles. The predicted molar refractivity (Wildman–Crippen MR) is 107 cm³/mol. The van der Waals surface area contributed by atoms with E-state index in [0.29, 0.717) is 24.8 Å². The molecule has 0 aliphatic heterocycles. The average Bonchev–Trinajstić information content (AvgIpc) is 3.12. The maximum atomic E-state index is 9.04. The van der Waals surface area contributed by atoms with Crippen molar-refractivity contribution in [3.05, 3.63) is 72.9 Å². The maximum absolute atomic E-state index is 9.04. The summed E-state index contributed by atoms with van der Waals surface area (Å²) in [6.45, 7) is 0. The molecule has 6 nitrogen and oxygen atoms in total. The molecular weight excluding hydrogens is 353 g/mol. The highest BCUT2D eigenvalue weighted by atomic mass is 16.5. The van der Waals surface area contributed by atoms with Crippen LogP contribution in [0, 0.1) is 0 Å². The number of hydrogen-bond donors (Lipinski definition) is 1. The molecule has 1 N–H and O–H groups in total. The highest BCUT2D eigenvalue weighted by molar-refractivity contribution is 6.17. The Morgan fingerprint density at radius 2 is 1.68 bits per heavy atom. The van der Waals surface area contributed by atoms with Crippen LogP contribution in [0.5, 0.6) is 5.88 Å². The second-order valence-corrected chi connectivity index (χ2v) is 6.17. The summed E-state index contributed by atoms with van der Waals surface area (Å²) in [4.78, 5) is 13.5. The molecule has 3 heterocycles. The Bertz CT molecular complexity index is 1290. The third kappa shape index (κ3) is 2.88. The Kier molecular flexibility index (Phi) is 3.99. The molecule has 0 amide bonds. The minimum absolute atomic E-state index is 0.250. The number of rotatable bonds is 4. The summed E-state index contributed by atoms with van der Waals surface area (Å²) in [7, 11) is 0.606. The number of hydrogen-bond acceptors (Lipinski definition) is 6. The van der Waals surface area contributed by atoms with E-state index >= 15 is 0 Å². The largest absolute Gasteiger partial charge is 0.570 e. The minimum Gasteiger partial charge on any atom is -0.523 e. The molecule has 0 atom stereocenters. The van der Waals surface area contributed by atoms with E-state index in [1.165, 1.54) is 0 Å². The first-order valence-corrected chi connectivity index (χ1v) is 8.66. The molecular formula is C21H13BN3O3. The lowest BCUT2D eigenvalue weighted by atomic mass is 10.1. The third-order valence-electron chi connectivity index (χ3n) is 4.43. The Hall–Kier alpha value is -3.71. The second kappa shape index (κ2) is 6.79. The number of furan rings is 1. The Balaban J connectivity index is 1.69. The summed E-state index contributed by atoms with van der Waals surface area (Å²) in [6.07, 6.45) is 1.65. The van der Waals surface area contributed by atoms with Gasteiger partial charge in [0.05, 0.1) is 6.20 Å². The van der Waals surface area contributed by atoms with Gasteiger partial charge in [-0.15, -0.1) is 0 Å². The van der Waals surface area contributed by atoms with Crippen LogP contribution < -0.4 is 4.65 Å². The molecule has 0 unspecified atom stereocenters. The van der Waals surface area contributed by atoms with Gasteiger partial charge in [0.1, 0.15) is 16.8 Å². The van der Waals surface area contributed by atoms with E-state index < -0.39 is 0 Å². The summed E-state index contributed by atoms with van der Waals surface area (Å²) in [5.74, 6) is 0.694. The summed E-state index contributed by atoms with van der Waals surface area (Å²) >= 11 is 0. The second-order valence-electron chi connectivity index (χ2n) is 6.17. The van der Waals surface area contributed by atoms with E-state index in [2.05, 4.69) is 15.0 Å². The molecule has 7 heteroatoms. The molecule has 0 aliphatic rings. The van der Waals surface area contributed by atoms with Gasteiger partial charge in [0.2, 0.25) is 0 Å². The fourth-order valence-electron chi connectivity index (χ4n) is 3.16. The maximum Gasteiger partial charge on any atom is 0.570 e. The van der Waals surface area contributed by atoms with Crippen LogP contribution in [0.15, 0.2) is 77.3 Å². The van der Waals surface area contributed by atoms with E-state index in [1.807, 2.05) is 60.7 Å². The monoisotopic (exact) mass is 366 g/mol. The van der Waals surface area contributed by atoms with Gasteiger partial charge in [0.25, 0.3) is 0 Å². The molecule has 1 radical (unpaired) electrons. The van der Waals surface area contributed by atoms with Crippen molar-refractivity contribution in [1.29, 1.82) is 0 Å². The molecule has 0 saturated heterocycles. The van der Waals surface area contributed by atoms with Gasteiger partial charge in [0.15, 0.2) is 17.3 Å². The van der Waals surface area contributed by atoms with Crippen LogP contribution in [0.25, 0.3) is 44.7 Å². The fourth-order valence-corrected chi connectivity index (χ4v) is 3.16. The van der Waals surface area contributed by atoms with Crippen molar-refractivity contribution in [1.82, 2.24) is 15.0 Å². The highest BCUT2D eigenvalue weighted by Crippen LogP contribution is 2.30. The van der Waals surface area contributed by atoms with Crippen LogP contribution in [0.2, 0.25) is 0 Å². The third-order valence-corrected chi connectivity index (χ3v) is 4.43. The minimum atomic E-state index is 0.250. The molecule has 133 valence electrons. The zero-order chi connectivity index (χ0) is 18.9. The molecule has 2 aromatic carbocycles. The molecule has 5 rings (SSSR count). The number of pyridine rings is 1. The number of aromatic nitrogens is 3. The molecule has 28 heavy (non-hydrogen) atoms. The van der Waals surface area contributed by atoms with Crippen LogP contribution in [-0.4, -0.2) is 27.7 Å². The smallest absolute Gasteiger partial charge is 0.523 e. The van der Waals surface area contributed by atoms with E-state index in [9.17, 15) is 0 Å². The standard InChI is InChI=1S/C21H13BN3O3/c26-22-28-19-11-14(13-6-2-1-3-7-13)10-16(24-19)21-23-12-18-20(25-21)15-8-4-5-9-17(15)27-18/h1-12,26H. The molecule has 5 aromatic rings. The van der Waals surface area contributed by atoms with Gasteiger partial charge < -0.3 is 14.1 Å². The normalized spacial score (nSPS) is 11.0. The van der Waals surface area contributed by atoms with Crippen molar-refractivity contribution in [3.63, 3.8) is 0 Å². The Labute approximate surface area is 160 Å². The summed E-state index contributed by atoms with van der Waals surface area (Å²) in [5.41, 5.74) is 4.50. The Morgan fingerprint density at radius 3 is 2.54 bits per heavy atom. The molecule has 0 spiro atoms. The van der Waals surface area contributed by atoms with Gasteiger partial charge in [-0.25, -0.2) is 15.0 Å². The van der Waals surface area contributed by atoms with Crippen molar-refractivity contribution in [2.24, 2.45) is 0 Å². The van der Waals surface area contributed by atoms with Crippen LogP contribution >= 0.6 is 0 Å². The van der Waals surface area contributed by atoms with Gasteiger partial charge in [-0.3, -0.25) is 0 Å². The average molecular weight is 366 g/mol. The lowest BCUT2D eigenvalue weighted by Gasteiger charge is -2.08. The van der Waals surface area contributed by atoms with Gasteiger partial charge in [0, 0.05) is 11.5 Å². The quantitative estimate of drug-likeness (QED) is 0.484. The van der Waals surface area contributed by atoms with E-state index in [4.69, 9.17) is 14.1 Å². The van der Waals surface area contributed by atoms with E-state index in [0.717, 1.165) is 27.6 Å². The lowest BCUT2D eigenvalue weighted by molar-refractivity contribution is 0.443. The van der Waals surface area contributed by atoms with Crippen molar-refractivity contribution >= 4 is 29.8 Å². The first-order valence-electron chi connectivity index (χ1n) is 8.66. The molecule has 0 bridgehead atoms. The van der Waals surface area contributed by atoms with Gasteiger partial charge in [-0.2, -0.15) is 0 Å². The van der Waals surface area contributed by atoms with Crippen molar-refractivity contribution in [2.75, 3.05) is 0 Å². The number of fused-ring (bicyclic) bond motifs is 3. The number of nitrogens with zero attached hydrogens (tertiary/aromatic N) is 3. The number of benzene rings is 2. The van der Waals surface area contributed by atoms with E-state index in [1.54, 1.807) is 12.3 Å². The number of para-hydroxylation sites is 1. The first kappa shape index (κ1) is 16.5. The zero-order valence-electron chi connectivity index (χ0n) is 14.6. The summed E-state index contributed by atoms with van der Waals surface area (Å²) in [6, 6.07) is 21.2. The molecule has 0 fully saturated rings. The first-order chi connectivity index (χ1) is 13.8. The molecule has 0 saturated carbocycles. The SMILES string of the molecule is O[B]Oc1cc(-c2ccccc2)cc(-c2ncc3oc4ccccc4c3n2)n1. The van der Waals surface area contributed by atoms with Crippen molar-refractivity contribution < 1.29 is 14.1 Å². The molecule has 0 aliphatic carbocycles. The topological polar surface area (TPSA) is 81.3 Å². The highest BCUT2D eigenvalue weighted by Gasteiger charge is 2.14. The van der Waals surface area contributed by atoms with Crippen LogP contribution in [-0.2, 0) is 0 Å². The van der Waals surface area contributed by atoms with Crippen LogP contribution in [0.1, 0.15) is 0 Å².